The summed E-state index contributed by atoms with van der Waals surface area (Å²) in [6.45, 7) is 11.0. The molecule has 2 aromatic heterocycles. The van der Waals surface area contributed by atoms with E-state index >= 15 is 0 Å². The number of aromatic nitrogens is 3. The number of imidazole rings is 1. The number of nitrogens with one attached hydrogen (secondary N) is 4. The Bertz CT molecular complexity index is 1310. The van der Waals surface area contributed by atoms with Gasteiger partial charge in [-0.1, -0.05) is 33.6 Å². The molecule has 1 aliphatic heterocycles. The van der Waals surface area contributed by atoms with Crippen LogP contribution in [0.5, 0.6) is 5.75 Å². The van der Waals surface area contributed by atoms with E-state index in [0.717, 1.165) is 92.1 Å². The first kappa shape index (κ1) is 26.5. The highest BCUT2D eigenvalue weighted by Crippen LogP contribution is 2.37. The Morgan fingerprint density at radius 2 is 2.00 bits per heavy atom. The topological polar surface area (TPSA) is 112 Å². The van der Waals surface area contributed by atoms with Gasteiger partial charge in [0.2, 0.25) is 0 Å². The third-order valence-electron chi connectivity index (χ3n) is 8.03. The van der Waals surface area contributed by atoms with Gasteiger partial charge in [0, 0.05) is 23.7 Å². The van der Waals surface area contributed by atoms with Gasteiger partial charge in [-0.2, -0.15) is 0 Å². The minimum atomic E-state index is -0.263. The van der Waals surface area contributed by atoms with Crippen molar-refractivity contribution in [2.45, 2.75) is 78.7 Å². The summed E-state index contributed by atoms with van der Waals surface area (Å²) in [5.41, 5.74) is 4.44. The van der Waals surface area contributed by atoms with E-state index in [9.17, 15) is 9.59 Å². The van der Waals surface area contributed by atoms with Gasteiger partial charge in [-0.25, -0.2) is 4.98 Å². The van der Waals surface area contributed by atoms with Crippen molar-refractivity contribution in [1.82, 2.24) is 25.6 Å². The maximum Gasteiger partial charge on any atom is 0.268 e. The highest BCUT2D eigenvalue weighted by Gasteiger charge is 2.35. The van der Waals surface area contributed by atoms with E-state index in [1.54, 1.807) is 0 Å². The molecular weight excluding hydrogens is 478 g/mol. The Balaban J connectivity index is 1.34. The molecule has 1 unspecified atom stereocenters. The molecule has 0 saturated carbocycles. The molecule has 4 N–H and O–H groups in total. The molecule has 3 heterocycles. The quantitative estimate of drug-likeness (QED) is 0.303. The Kier molecular flexibility index (Phi) is 7.61. The number of piperidine rings is 1. The van der Waals surface area contributed by atoms with Crippen LogP contribution in [0.2, 0.25) is 0 Å². The van der Waals surface area contributed by atoms with Crippen molar-refractivity contribution in [2.75, 3.05) is 19.7 Å². The zero-order valence-corrected chi connectivity index (χ0v) is 23.1. The van der Waals surface area contributed by atoms with Crippen LogP contribution in [-0.2, 0) is 6.42 Å². The van der Waals surface area contributed by atoms with Crippen LogP contribution in [0, 0.1) is 18.3 Å². The predicted molar refractivity (Wildman–Crippen MR) is 149 cm³/mol. The van der Waals surface area contributed by atoms with Crippen molar-refractivity contribution in [3.8, 4) is 5.75 Å². The number of fused-ring (bicyclic) bond motifs is 2. The lowest BCUT2D eigenvalue weighted by atomic mass is 9.75. The standard InChI is InChI=1S/C30H41N5O3/c1-5-6-7-22(35-29(37)27-18(2)26-24(32-27)15-30(3,4)16-25(26)36)28-33-21-9-8-20(14-23(21)34-28)38-17-19-10-12-31-13-11-19/h8-9,14,19,22,31-32H,5-7,10-13,15-17H2,1-4H3,(H,33,34)(H,35,37). The number of benzene rings is 1. The molecule has 3 aromatic rings. The fourth-order valence-corrected chi connectivity index (χ4v) is 5.90. The number of H-pyrrole nitrogens is 2. The van der Waals surface area contributed by atoms with Crippen LogP contribution >= 0.6 is 0 Å². The van der Waals surface area contributed by atoms with E-state index in [2.05, 4.69) is 41.4 Å². The van der Waals surface area contributed by atoms with E-state index in [-0.39, 0.29) is 23.1 Å². The average Bonchev–Trinajstić information content (AvgIpc) is 3.45. The number of rotatable bonds is 9. The minimum absolute atomic E-state index is 0.108. The van der Waals surface area contributed by atoms with Gasteiger partial charge in [0.15, 0.2) is 5.78 Å². The summed E-state index contributed by atoms with van der Waals surface area (Å²) in [4.78, 5) is 37.9. The van der Waals surface area contributed by atoms with Crippen molar-refractivity contribution >= 4 is 22.7 Å². The SMILES string of the molecule is CCCCC(NC(=O)c1[nH]c2c(c1C)C(=O)CC(C)(C)C2)c1nc2ccc(OCC3CCNCC3)cc2[nH]1. The number of amides is 1. The molecule has 0 radical (unpaired) electrons. The van der Waals surface area contributed by atoms with Crippen LogP contribution in [0.15, 0.2) is 18.2 Å². The first-order chi connectivity index (χ1) is 18.2. The predicted octanol–water partition coefficient (Wildman–Crippen LogP) is 5.39. The van der Waals surface area contributed by atoms with Crippen LogP contribution in [0.1, 0.15) is 103 Å². The molecular formula is C30H41N5O3. The zero-order chi connectivity index (χ0) is 26.9. The molecule has 8 heteroatoms. The molecule has 0 bridgehead atoms. The lowest BCUT2D eigenvalue weighted by Crippen LogP contribution is -2.30. The molecule has 1 aromatic carbocycles. The smallest absolute Gasteiger partial charge is 0.268 e. The van der Waals surface area contributed by atoms with E-state index in [0.29, 0.717) is 23.6 Å². The van der Waals surface area contributed by atoms with E-state index in [4.69, 9.17) is 9.72 Å². The van der Waals surface area contributed by atoms with Gasteiger partial charge in [0.05, 0.1) is 23.7 Å². The Labute approximate surface area is 224 Å². The minimum Gasteiger partial charge on any atom is -0.493 e. The average molecular weight is 520 g/mol. The Morgan fingerprint density at radius 3 is 2.76 bits per heavy atom. The molecule has 38 heavy (non-hydrogen) atoms. The molecule has 1 saturated heterocycles. The van der Waals surface area contributed by atoms with Crippen molar-refractivity contribution < 1.29 is 14.3 Å². The third-order valence-corrected chi connectivity index (χ3v) is 8.03. The van der Waals surface area contributed by atoms with E-state index in [1.807, 2.05) is 25.1 Å². The van der Waals surface area contributed by atoms with Crippen LogP contribution < -0.4 is 15.4 Å². The van der Waals surface area contributed by atoms with Gasteiger partial charge in [0.1, 0.15) is 17.3 Å². The summed E-state index contributed by atoms with van der Waals surface area (Å²) in [6.07, 6.45) is 6.29. The summed E-state index contributed by atoms with van der Waals surface area (Å²) in [5, 5.41) is 6.59. The largest absolute Gasteiger partial charge is 0.493 e. The van der Waals surface area contributed by atoms with Gasteiger partial charge < -0.3 is 25.3 Å². The molecule has 1 fully saturated rings. The monoisotopic (exact) mass is 519 g/mol. The summed E-state index contributed by atoms with van der Waals surface area (Å²) < 4.78 is 6.11. The normalized spacial score (nSPS) is 18.4. The van der Waals surface area contributed by atoms with Crippen molar-refractivity contribution in [2.24, 2.45) is 11.3 Å². The second-order valence-corrected chi connectivity index (χ2v) is 11.9. The first-order valence-electron chi connectivity index (χ1n) is 14.1. The highest BCUT2D eigenvalue weighted by molar-refractivity contribution is 6.04. The number of ketones is 1. The molecule has 8 nitrogen and oxygen atoms in total. The van der Waals surface area contributed by atoms with Crippen LogP contribution in [-0.4, -0.2) is 46.3 Å². The van der Waals surface area contributed by atoms with Gasteiger partial charge >= 0.3 is 0 Å². The summed E-state index contributed by atoms with van der Waals surface area (Å²) in [7, 11) is 0. The van der Waals surface area contributed by atoms with E-state index < -0.39 is 0 Å². The fourth-order valence-electron chi connectivity index (χ4n) is 5.90. The maximum absolute atomic E-state index is 13.5. The number of hydrogen-bond donors (Lipinski definition) is 4. The van der Waals surface area contributed by atoms with Crippen molar-refractivity contribution in [3.05, 3.63) is 46.5 Å². The molecule has 5 rings (SSSR count). The number of Topliss-reactive ketones (excluding diaryl/α,β-unsaturated/α-hetero) is 1. The Morgan fingerprint density at radius 1 is 1.21 bits per heavy atom. The van der Waals surface area contributed by atoms with Crippen LogP contribution in [0.4, 0.5) is 0 Å². The number of nitrogens with zero attached hydrogens (tertiary/aromatic N) is 1. The fraction of sp³-hybridized carbons (Fsp3) is 0.567. The number of carbonyl (C=O) groups excluding carboxylic acids is 2. The summed E-state index contributed by atoms with van der Waals surface area (Å²) >= 11 is 0. The van der Waals surface area contributed by atoms with Crippen molar-refractivity contribution in [3.63, 3.8) is 0 Å². The second-order valence-electron chi connectivity index (χ2n) is 11.9. The molecule has 1 amide bonds. The number of unbranched alkanes of at least 4 members (excludes halogenated alkanes) is 1. The lowest BCUT2D eigenvalue weighted by molar-refractivity contribution is 0.0908. The number of ether oxygens (including phenoxy) is 1. The summed E-state index contributed by atoms with van der Waals surface area (Å²) in [5.74, 6) is 2.07. The highest BCUT2D eigenvalue weighted by atomic mass is 16.5. The Hall–Kier alpha value is -3.13. The second kappa shape index (κ2) is 10.9. The van der Waals surface area contributed by atoms with Gasteiger partial charge in [-0.15, -0.1) is 0 Å². The zero-order valence-electron chi connectivity index (χ0n) is 23.1. The molecule has 1 aliphatic carbocycles. The molecule has 204 valence electrons. The first-order valence-corrected chi connectivity index (χ1v) is 14.1. The van der Waals surface area contributed by atoms with Gasteiger partial charge in [-0.05, 0) is 74.7 Å². The van der Waals surface area contributed by atoms with E-state index in [1.165, 1.54) is 0 Å². The number of carbonyl (C=O) groups is 2. The van der Waals surface area contributed by atoms with Crippen molar-refractivity contribution in [1.29, 1.82) is 0 Å². The lowest BCUT2D eigenvalue weighted by Gasteiger charge is -2.28. The molecule has 2 aliphatic rings. The van der Waals surface area contributed by atoms with Crippen LogP contribution in [0.3, 0.4) is 0 Å². The molecule has 1 atom stereocenters. The maximum atomic E-state index is 13.5. The molecule has 0 spiro atoms. The summed E-state index contributed by atoms with van der Waals surface area (Å²) in [6, 6.07) is 5.68. The van der Waals surface area contributed by atoms with Crippen LogP contribution in [0.25, 0.3) is 11.0 Å². The van der Waals surface area contributed by atoms with Gasteiger partial charge in [0.25, 0.3) is 5.91 Å². The third kappa shape index (κ3) is 5.65. The number of hydrogen-bond acceptors (Lipinski definition) is 5. The van der Waals surface area contributed by atoms with Gasteiger partial charge in [-0.3, -0.25) is 9.59 Å². The number of aromatic amines is 2.